The number of nitrogens with one attached hydrogen (secondary N) is 2. The summed E-state index contributed by atoms with van der Waals surface area (Å²) in [4.78, 5) is 17.2. The Bertz CT molecular complexity index is 512. The maximum absolute atomic E-state index is 11.0. The zero-order valence-electron chi connectivity index (χ0n) is 12.8. The lowest BCUT2D eigenvalue weighted by Crippen LogP contribution is -2.47. The molecule has 0 atom stereocenters. The summed E-state index contributed by atoms with van der Waals surface area (Å²) in [5, 5.41) is 17.1. The van der Waals surface area contributed by atoms with Crippen molar-refractivity contribution in [3.8, 4) is 0 Å². The molecule has 2 N–H and O–H groups in total. The minimum atomic E-state index is -0.398. The van der Waals surface area contributed by atoms with Crippen molar-refractivity contribution in [2.75, 3.05) is 38.3 Å². The van der Waals surface area contributed by atoms with Crippen LogP contribution in [0.2, 0.25) is 0 Å². The zero-order valence-corrected chi connectivity index (χ0v) is 12.8. The Hall–Kier alpha value is -1.89. The van der Waals surface area contributed by atoms with Crippen molar-refractivity contribution in [1.82, 2.24) is 9.88 Å². The van der Waals surface area contributed by atoms with Gasteiger partial charge in [-0.2, -0.15) is 0 Å². The van der Waals surface area contributed by atoms with Gasteiger partial charge in [0.2, 0.25) is 0 Å². The molecule has 0 aromatic carbocycles. The number of aromatic nitrogens is 1. The van der Waals surface area contributed by atoms with Gasteiger partial charge in [-0.1, -0.05) is 12.8 Å². The minimum Gasteiger partial charge on any atom is -0.373 e. The molecule has 0 radical (unpaired) electrons. The van der Waals surface area contributed by atoms with Gasteiger partial charge in [0.05, 0.1) is 17.1 Å². The van der Waals surface area contributed by atoms with Gasteiger partial charge in [-0.3, -0.25) is 10.1 Å². The maximum Gasteiger partial charge on any atom is 0.276 e. The predicted molar refractivity (Wildman–Crippen MR) is 83.8 cm³/mol. The van der Waals surface area contributed by atoms with Crippen molar-refractivity contribution in [3.63, 3.8) is 0 Å². The molecule has 0 bridgehead atoms. The van der Waals surface area contributed by atoms with Gasteiger partial charge in [0, 0.05) is 19.1 Å². The van der Waals surface area contributed by atoms with E-state index in [1.54, 1.807) is 7.05 Å². The summed E-state index contributed by atoms with van der Waals surface area (Å²) in [7, 11) is 5.88. The van der Waals surface area contributed by atoms with E-state index in [9.17, 15) is 10.1 Å². The molecule has 116 valence electrons. The van der Waals surface area contributed by atoms with Crippen LogP contribution in [0.3, 0.4) is 0 Å². The second-order valence-corrected chi connectivity index (χ2v) is 5.78. The molecule has 7 heteroatoms. The van der Waals surface area contributed by atoms with Crippen molar-refractivity contribution in [2.45, 2.75) is 31.2 Å². The highest BCUT2D eigenvalue weighted by molar-refractivity contribution is 5.54. The first-order chi connectivity index (χ1) is 9.97. The summed E-state index contributed by atoms with van der Waals surface area (Å²) in [6, 6.07) is 2.92. The summed E-state index contributed by atoms with van der Waals surface area (Å²) >= 11 is 0. The third kappa shape index (κ3) is 3.41. The minimum absolute atomic E-state index is 0.0437. The highest BCUT2D eigenvalue weighted by Gasteiger charge is 2.35. The molecule has 1 fully saturated rings. The number of likely N-dealkylation sites (N-methyl/N-ethyl adjacent to an activating group) is 1. The van der Waals surface area contributed by atoms with E-state index in [1.807, 2.05) is 0 Å². The molecular weight excluding hydrogens is 270 g/mol. The fraction of sp³-hybridized carbons (Fsp3) is 0.643. The van der Waals surface area contributed by atoms with E-state index in [1.165, 1.54) is 25.0 Å². The summed E-state index contributed by atoms with van der Waals surface area (Å²) in [5.41, 5.74) is 0.161. The zero-order chi connectivity index (χ0) is 15.5. The third-order valence-corrected chi connectivity index (χ3v) is 4.36. The summed E-state index contributed by atoms with van der Waals surface area (Å²) < 4.78 is 0. The van der Waals surface area contributed by atoms with Crippen molar-refractivity contribution in [1.29, 1.82) is 0 Å². The Kier molecular flexibility index (Phi) is 4.62. The van der Waals surface area contributed by atoms with E-state index in [0.717, 1.165) is 19.4 Å². The summed E-state index contributed by atoms with van der Waals surface area (Å²) in [6.07, 6.45) is 4.73. The number of hydrogen-bond acceptors (Lipinski definition) is 6. The molecule has 0 unspecified atom stereocenters. The highest BCUT2D eigenvalue weighted by atomic mass is 16.6. The molecule has 1 heterocycles. The van der Waals surface area contributed by atoms with E-state index >= 15 is 0 Å². The Morgan fingerprint density at radius 1 is 1.33 bits per heavy atom. The Labute approximate surface area is 124 Å². The Morgan fingerprint density at radius 2 is 1.95 bits per heavy atom. The molecule has 1 aromatic rings. The van der Waals surface area contributed by atoms with Crippen molar-refractivity contribution in [2.24, 2.45) is 0 Å². The van der Waals surface area contributed by atoms with Gasteiger partial charge in [0.1, 0.15) is 11.6 Å². The smallest absolute Gasteiger partial charge is 0.276 e. The fourth-order valence-electron chi connectivity index (χ4n) is 2.91. The van der Waals surface area contributed by atoms with E-state index in [-0.39, 0.29) is 11.2 Å². The van der Waals surface area contributed by atoms with Crippen LogP contribution < -0.4 is 10.6 Å². The number of nitrogens with zero attached hydrogens (tertiary/aromatic N) is 3. The number of anilines is 2. The first-order valence-corrected chi connectivity index (χ1v) is 7.22. The average molecular weight is 293 g/mol. The predicted octanol–water partition coefficient (Wildman–Crippen LogP) is 2.32. The van der Waals surface area contributed by atoms with E-state index in [0.29, 0.717) is 11.6 Å². The van der Waals surface area contributed by atoms with Crippen LogP contribution in [0.1, 0.15) is 25.7 Å². The van der Waals surface area contributed by atoms with Gasteiger partial charge in [-0.15, -0.1) is 0 Å². The molecule has 21 heavy (non-hydrogen) atoms. The van der Waals surface area contributed by atoms with E-state index < -0.39 is 4.92 Å². The maximum atomic E-state index is 11.0. The number of rotatable bonds is 6. The van der Waals surface area contributed by atoms with Gasteiger partial charge in [-0.25, -0.2) is 4.98 Å². The lowest BCUT2D eigenvalue weighted by atomic mass is 9.96. The first kappa shape index (κ1) is 15.5. The molecule has 2 rings (SSSR count). The fourth-order valence-corrected chi connectivity index (χ4v) is 2.91. The number of pyridine rings is 1. The van der Waals surface area contributed by atoms with Crippen LogP contribution in [-0.2, 0) is 0 Å². The van der Waals surface area contributed by atoms with Crippen molar-refractivity contribution < 1.29 is 4.92 Å². The number of hydrogen-bond donors (Lipinski definition) is 2. The molecule has 0 amide bonds. The average Bonchev–Trinajstić information content (AvgIpc) is 2.95. The Balaban J connectivity index is 2.15. The van der Waals surface area contributed by atoms with Crippen LogP contribution in [0.15, 0.2) is 12.1 Å². The van der Waals surface area contributed by atoms with Gasteiger partial charge < -0.3 is 15.5 Å². The SMILES string of the molecule is CNc1cc([N+](=O)[O-])cc(NCC2(N(C)C)CCCC2)n1. The molecule has 0 aliphatic heterocycles. The molecule has 1 aliphatic carbocycles. The molecule has 0 saturated heterocycles. The van der Waals surface area contributed by atoms with E-state index in [4.69, 9.17) is 0 Å². The lowest BCUT2D eigenvalue weighted by Gasteiger charge is -2.36. The topological polar surface area (TPSA) is 83.3 Å². The lowest BCUT2D eigenvalue weighted by molar-refractivity contribution is -0.384. The molecule has 1 aliphatic rings. The van der Waals surface area contributed by atoms with Gasteiger partial charge >= 0.3 is 0 Å². The molecular formula is C14H23N5O2. The van der Waals surface area contributed by atoms with Gasteiger partial charge in [0.25, 0.3) is 5.69 Å². The highest BCUT2D eigenvalue weighted by Crippen LogP contribution is 2.34. The second kappa shape index (κ2) is 6.26. The Morgan fingerprint density at radius 3 is 2.48 bits per heavy atom. The quantitative estimate of drug-likeness (QED) is 0.618. The standard InChI is InChI=1S/C14H23N5O2/c1-15-12-8-11(19(20)21)9-13(17-12)16-10-14(18(2)3)6-4-5-7-14/h8-9H,4-7,10H2,1-3H3,(H2,15,16,17). The van der Waals surface area contributed by atoms with Crippen LogP contribution in [-0.4, -0.2) is 48.0 Å². The second-order valence-electron chi connectivity index (χ2n) is 5.78. The third-order valence-electron chi connectivity index (χ3n) is 4.36. The van der Waals surface area contributed by atoms with Crippen LogP contribution in [0.25, 0.3) is 0 Å². The number of nitro groups is 1. The van der Waals surface area contributed by atoms with Crippen LogP contribution >= 0.6 is 0 Å². The molecule has 0 spiro atoms. The van der Waals surface area contributed by atoms with Crippen LogP contribution in [0, 0.1) is 10.1 Å². The largest absolute Gasteiger partial charge is 0.373 e. The normalized spacial score (nSPS) is 17.0. The van der Waals surface area contributed by atoms with Gasteiger partial charge in [0.15, 0.2) is 0 Å². The van der Waals surface area contributed by atoms with Crippen molar-refractivity contribution in [3.05, 3.63) is 22.2 Å². The summed E-state index contributed by atoms with van der Waals surface area (Å²) in [5.74, 6) is 1.04. The van der Waals surface area contributed by atoms with E-state index in [2.05, 4.69) is 34.6 Å². The van der Waals surface area contributed by atoms with Crippen LogP contribution in [0.4, 0.5) is 17.3 Å². The van der Waals surface area contributed by atoms with Crippen molar-refractivity contribution >= 4 is 17.3 Å². The molecule has 1 saturated carbocycles. The van der Waals surface area contributed by atoms with Crippen LogP contribution in [0.5, 0.6) is 0 Å². The molecule has 7 nitrogen and oxygen atoms in total. The monoisotopic (exact) mass is 293 g/mol. The molecule has 1 aromatic heterocycles. The summed E-state index contributed by atoms with van der Waals surface area (Å²) in [6.45, 7) is 0.747. The van der Waals surface area contributed by atoms with Gasteiger partial charge in [-0.05, 0) is 26.9 Å². The first-order valence-electron chi connectivity index (χ1n) is 7.22.